The van der Waals surface area contributed by atoms with Gasteiger partial charge in [-0.3, -0.25) is 9.59 Å². The number of hydrogen-bond donors (Lipinski definition) is 1. The summed E-state index contributed by atoms with van der Waals surface area (Å²) in [6.07, 6.45) is 0.346. The smallest absolute Gasteiger partial charge is 0.387 e. The molecule has 0 aliphatic carbocycles. The van der Waals surface area contributed by atoms with Gasteiger partial charge in [-0.25, -0.2) is 0 Å². The molecule has 0 radical (unpaired) electrons. The molecule has 0 spiro atoms. The Bertz CT molecular complexity index is 1070. The lowest BCUT2D eigenvalue weighted by Gasteiger charge is -2.33. The molecule has 35 heavy (non-hydrogen) atoms. The number of carbonyl (C=O) groups excluding carboxylic acids is 2. The molecule has 2 aromatic rings. The van der Waals surface area contributed by atoms with Gasteiger partial charge in [0, 0.05) is 38.3 Å². The van der Waals surface area contributed by atoms with Crippen LogP contribution in [0, 0.1) is 0 Å². The second kappa shape index (κ2) is 11.7. The predicted octanol–water partition coefficient (Wildman–Crippen LogP) is 3.83. The summed E-state index contributed by atoms with van der Waals surface area (Å²) in [5.74, 6) is 0.118. The highest BCUT2D eigenvalue weighted by Crippen LogP contribution is 2.33. The average molecular weight is 509 g/mol. The van der Waals surface area contributed by atoms with Crippen LogP contribution < -0.4 is 14.8 Å². The summed E-state index contributed by atoms with van der Waals surface area (Å²) >= 11 is 6.03. The fourth-order valence-corrected chi connectivity index (χ4v) is 3.86. The van der Waals surface area contributed by atoms with Gasteiger partial charge >= 0.3 is 6.61 Å². The van der Waals surface area contributed by atoms with Gasteiger partial charge in [-0.05, 0) is 36.2 Å². The first-order valence-electron chi connectivity index (χ1n) is 10.9. The quantitative estimate of drug-likeness (QED) is 0.465. The number of benzene rings is 2. The maximum Gasteiger partial charge on any atom is 0.387 e. The van der Waals surface area contributed by atoms with Gasteiger partial charge in [0.1, 0.15) is 23.0 Å². The Hall–Kier alpha value is -3.53. The molecule has 11 heteroatoms. The van der Waals surface area contributed by atoms with Crippen molar-refractivity contribution in [3.8, 4) is 11.5 Å². The number of alkyl halides is 2. The summed E-state index contributed by atoms with van der Waals surface area (Å²) in [6.45, 7) is -0.280. The van der Waals surface area contributed by atoms with Crippen molar-refractivity contribution < 1.29 is 27.8 Å². The van der Waals surface area contributed by atoms with Crippen molar-refractivity contribution >= 4 is 23.9 Å². The van der Waals surface area contributed by atoms with Gasteiger partial charge in [-0.15, -0.1) is 0 Å². The Morgan fingerprint density at radius 2 is 1.91 bits per heavy atom. The summed E-state index contributed by atoms with van der Waals surface area (Å²) < 4.78 is 36.0. The molecular weight excluding hydrogens is 482 g/mol. The molecule has 3 rings (SSSR count). The lowest BCUT2D eigenvalue weighted by atomic mass is 10.2. The van der Waals surface area contributed by atoms with E-state index in [0.717, 1.165) is 12.0 Å². The molecule has 0 aromatic heterocycles. The molecule has 1 atom stereocenters. The normalized spacial score (nSPS) is 15.5. The van der Waals surface area contributed by atoms with Crippen molar-refractivity contribution in [3.63, 3.8) is 0 Å². The molecule has 2 amide bonds. The number of nitrogens with zero attached hydrogens (tertiary/aromatic N) is 3. The van der Waals surface area contributed by atoms with Crippen LogP contribution in [0.3, 0.4) is 0 Å². The molecule has 188 valence electrons. The Morgan fingerprint density at radius 1 is 1.23 bits per heavy atom. The van der Waals surface area contributed by atoms with Crippen molar-refractivity contribution in [2.45, 2.75) is 32.9 Å². The van der Waals surface area contributed by atoms with Gasteiger partial charge in [0.25, 0.3) is 12.3 Å². The van der Waals surface area contributed by atoms with Crippen LogP contribution in [0.1, 0.15) is 18.9 Å². The number of hydrogen-bond acceptors (Lipinski definition) is 6. The molecule has 1 aliphatic rings. The van der Waals surface area contributed by atoms with Crippen LogP contribution >= 0.6 is 11.6 Å². The second-order valence-corrected chi connectivity index (χ2v) is 8.29. The highest BCUT2D eigenvalue weighted by Gasteiger charge is 2.42. The molecule has 1 unspecified atom stereocenters. The van der Waals surface area contributed by atoms with Crippen LogP contribution in [0.5, 0.6) is 11.5 Å². The predicted molar refractivity (Wildman–Crippen MR) is 126 cm³/mol. The Balaban J connectivity index is 2.01. The first-order chi connectivity index (χ1) is 16.7. The van der Waals surface area contributed by atoms with E-state index >= 15 is 0 Å². The lowest BCUT2D eigenvalue weighted by molar-refractivity contribution is -0.129. The van der Waals surface area contributed by atoms with E-state index in [1.807, 2.05) is 19.1 Å². The molecule has 1 heterocycles. The van der Waals surface area contributed by atoms with E-state index < -0.39 is 13.0 Å². The molecule has 1 N–H and O–H groups in total. The Morgan fingerprint density at radius 3 is 2.54 bits per heavy atom. The average Bonchev–Trinajstić information content (AvgIpc) is 3.06. The fraction of sp³-hybridized carbons (Fsp3) is 0.333. The summed E-state index contributed by atoms with van der Waals surface area (Å²) in [5, 5.41) is 3.17. The summed E-state index contributed by atoms with van der Waals surface area (Å²) in [5.41, 5.74) is 1.07. The third kappa shape index (κ3) is 6.33. The zero-order chi connectivity index (χ0) is 25.5. The van der Waals surface area contributed by atoms with E-state index in [0.29, 0.717) is 18.0 Å². The molecule has 2 aromatic carbocycles. The van der Waals surface area contributed by atoms with Crippen LogP contribution in [-0.2, 0) is 16.1 Å². The summed E-state index contributed by atoms with van der Waals surface area (Å²) in [6, 6.07) is 12.9. The lowest BCUT2D eigenvalue weighted by Crippen LogP contribution is -2.45. The number of amides is 2. The number of ether oxygens (including phenoxy) is 2. The first kappa shape index (κ1) is 26.1. The van der Waals surface area contributed by atoms with Crippen molar-refractivity contribution in [2.75, 3.05) is 20.6 Å². The van der Waals surface area contributed by atoms with Gasteiger partial charge in [-0.1, -0.05) is 36.7 Å². The van der Waals surface area contributed by atoms with Gasteiger partial charge in [0.2, 0.25) is 6.41 Å². The fourth-order valence-electron chi connectivity index (χ4n) is 3.73. The van der Waals surface area contributed by atoms with Crippen LogP contribution in [0.15, 0.2) is 60.0 Å². The molecule has 0 saturated heterocycles. The minimum absolute atomic E-state index is 0.0689. The van der Waals surface area contributed by atoms with Crippen molar-refractivity contribution in [3.05, 3.63) is 70.6 Å². The van der Waals surface area contributed by atoms with Gasteiger partial charge in [-0.2, -0.15) is 8.78 Å². The minimum Gasteiger partial charge on any atom is -0.452 e. The second-order valence-electron chi connectivity index (χ2n) is 7.85. The number of nitrogens with one attached hydrogen (secondary N) is 1. The standard InChI is InChI=1S/C24H27ClF2N4O4/c1-4-12-29(2)22(33)20-21(28-15-32)30(3)24(31(20)14-16-8-10-17(25)11-9-16)35-19-7-5-6-18(13-19)34-23(26)27/h5-11,13,15,23-24H,4,12,14H2,1-3H3,(H,28,32). The molecular formula is C24H27ClF2N4O4. The zero-order valence-corrected chi connectivity index (χ0v) is 20.3. The highest BCUT2D eigenvalue weighted by atomic mass is 35.5. The number of carbonyl (C=O) groups is 2. The topological polar surface area (TPSA) is 74.4 Å². The van der Waals surface area contributed by atoms with Crippen LogP contribution in [0.25, 0.3) is 0 Å². The van der Waals surface area contributed by atoms with Crippen LogP contribution in [0.2, 0.25) is 5.02 Å². The van der Waals surface area contributed by atoms with E-state index in [1.165, 1.54) is 18.2 Å². The van der Waals surface area contributed by atoms with Crippen molar-refractivity contribution in [2.24, 2.45) is 0 Å². The van der Waals surface area contributed by atoms with E-state index in [9.17, 15) is 18.4 Å². The van der Waals surface area contributed by atoms with Gasteiger partial charge in [0.05, 0.1) is 0 Å². The third-order valence-corrected chi connectivity index (χ3v) is 5.56. The number of likely N-dealkylation sites (N-methyl/N-ethyl adjacent to an activating group) is 1. The molecule has 0 fully saturated rings. The molecule has 8 nitrogen and oxygen atoms in total. The monoisotopic (exact) mass is 508 g/mol. The number of rotatable bonds is 11. The Labute approximate surface area is 207 Å². The zero-order valence-electron chi connectivity index (χ0n) is 19.6. The largest absolute Gasteiger partial charge is 0.452 e. The molecule has 0 saturated carbocycles. The summed E-state index contributed by atoms with van der Waals surface area (Å²) in [7, 11) is 3.34. The van der Waals surface area contributed by atoms with Gasteiger partial charge < -0.3 is 29.5 Å². The van der Waals surface area contributed by atoms with Gasteiger partial charge in [0.15, 0.2) is 0 Å². The highest BCUT2D eigenvalue weighted by molar-refractivity contribution is 6.30. The maximum atomic E-state index is 13.5. The first-order valence-corrected chi connectivity index (χ1v) is 11.3. The van der Waals surface area contributed by atoms with E-state index in [1.54, 1.807) is 47.0 Å². The number of halogens is 3. The SMILES string of the molecule is CCCN(C)C(=O)C1=C(NC=O)N(C)C(Oc2cccc(OC(F)F)c2)N1Cc1ccc(Cl)cc1. The van der Waals surface area contributed by atoms with Crippen molar-refractivity contribution in [1.29, 1.82) is 0 Å². The Kier molecular flexibility index (Phi) is 8.75. The molecule has 0 bridgehead atoms. The maximum absolute atomic E-state index is 13.5. The van der Waals surface area contributed by atoms with E-state index in [-0.39, 0.29) is 35.5 Å². The van der Waals surface area contributed by atoms with E-state index in [4.69, 9.17) is 16.3 Å². The summed E-state index contributed by atoms with van der Waals surface area (Å²) in [4.78, 5) is 29.7. The van der Waals surface area contributed by atoms with Crippen LogP contribution in [-0.4, -0.2) is 60.6 Å². The van der Waals surface area contributed by atoms with Crippen molar-refractivity contribution in [1.82, 2.24) is 20.0 Å². The van der Waals surface area contributed by atoms with Crippen LogP contribution in [0.4, 0.5) is 8.78 Å². The minimum atomic E-state index is -2.98. The van der Waals surface area contributed by atoms with E-state index in [2.05, 4.69) is 10.1 Å². The molecule has 1 aliphatic heterocycles. The third-order valence-electron chi connectivity index (χ3n) is 5.30.